The first-order valence-corrected chi connectivity index (χ1v) is 7.21. The monoisotopic (exact) mass is 292 g/mol. The van der Waals surface area contributed by atoms with Gasteiger partial charge in [-0.3, -0.25) is 0 Å². The first kappa shape index (κ1) is 17.0. The lowest BCUT2D eigenvalue weighted by atomic mass is 10.1. The van der Waals surface area contributed by atoms with E-state index in [-0.39, 0.29) is 23.7 Å². The van der Waals surface area contributed by atoms with Crippen LogP contribution in [0.5, 0.6) is 0 Å². The van der Waals surface area contributed by atoms with Gasteiger partial charge in [-0.05, 0) is 51.8 Å². The predicted octanol–water partition coefficient (Wildman–Crippen LogP) is 2.76. The van der Waals surface area contributed by atoms with Gasteiger partial charge in [0.25, 0.3) is 0 Å². The summed E-state index contributed by atoms with van der Waals surface area (Å²) in [6.45, 7) is 8.41. The Labute approximate surface area is 126 Å². The van der Waals surface area contributed by atoms with E-state index < -0.39 is 5.97 Å². The van der Waals surface area contributed by atoms with E-state index in [1.54, 1.807) is 23.1 Å². The second kappa shape index (κ2) is 7.67. The molecule has 0 atom stereocenters. The number of carbonyl (C=O) groups is 2. The number of nitrogens with zero attached hydrogens (tertiary/aromatic N) is 1. The minimum Gasteiger partial charge on any atom is -0.478 e. The third-order valence-corrected chi connectivity index (χ3v) is 3.21. The van der Waals surface area contributed by atoms with Crippen molar-refractivity contribution in [1.82, 2.24) is 10.2 Å². The molecule has 0 saturated carbocycles. The quantitative estimate of drug-likeness (QED) is 0.847. The second-order valence-electron chi connectivity index (χ2n) is 5.58. The molecule has 0 fully saturated rings. The van der Waals surface area contributed by atoms with Crippen LogP contribution < -0.4 is 5.32 Å². The Morgan fingerprint density at radius 1 is 1.19 bits per heavy atom. The lowest BCUT2D eigenvalue weighted by Crippen LogP contribution is -2.48. The van der Waals surface area contributed by atoms with E-state index in [2.05, 4.69) is 5.32 Å². The summed E-state index contributed by atoms with van der Waals surface area (Å²) in [4.78, 5) is 24.8. The number of aromatic carboxylic acids is 1. The molecule has 0 aliphatic rings. The number of rotatable bonds is 6. The van der Waals surface area contributed by atoms with Crippen LogP contribution >= 0.6 is 0 Å². The van der Waals surface area contributed by atoms with E-state index in [4.69, 9.17) is 5.11 Å². The average Bonchev–Trinajstić information content (AvgIpc) is 2.38. The summed E-state index contributed by atoms with van der Waals surface area (Å²) in [5, 5.41) is 11.8. The van der Waals surface area contributed by atoms with Crippen LogP contribution in [0.4, 0.5) is 4.79 Å². The zero-order valence-electron chi connectivity index (χ0n) is 13.1. The Morgan fingerprint density at radius 3 is 2.33 bits per heavy atom. The van der Waals surface area contributed by atoms with Crippen LogP contribution in [0.25, 0.3) is 0 Å². The van der Waals surface area contributed by atoms with E-state index >= 15 is 0 Å². The second-order valence-corrected chi connectivity index (χ2v) is 5.58. The molecule has 116 valence electrons. The van der Waals surface area contributed by atoms with Crippen LogP contribution in [0, 0.1) is 0 Å². The summed E-state index contributed by atoms with van der Waals surface area (Å²) < 4.78 is 0. The molecule has 0 saturated heterocycles. The van der Waals surface area contributed by atoms with Crippen molar-refractivity contribution in [3.05, 3.63) is 35.4 Å². The summed E-state index contributed by atoms with van der Waals surface area (Å²) in [5.74, 6) is -0.938. The molecule has 0 bridgehead atoms. The summed E-state index contributed by atoms with van der Waals surface area (Å²) in [5.41, 5.74) is 1.17. The third-order valence-electron chi connectivity index (χ3n) is 3.21. The zero-order valence-corrected chi connectivity index (χ0v) is 13.1. The van der Waals surface area contributed by atoms with Gasteiger partial charge in [-0.1, -0.05) is 12.1 Å². The number of carbonyl (C=O) groups excluding carboxylic acids is 1. The number of benzene rings is 1. The summed E-state index contributed by atoms with van der Waals surface area (Å²) in [6.07, 6.45) is 0.608. The molecule has 0 radical (unpaired) electrons. The summed E-state index contributed by atoms with van der Waals surface area (Å²) in [7, 11) is 0. The van der Waals surface area contributed by atoms with Gasteiger partial charge in [0.05, 0.1) is 5.56 Å². The van der Waals surface area contributed by atoms with Gasteiger partial charge in [0.1, 0.15) is 0 Å². The van der Waals surface area contributed by atoms with Crippen molar-refractivity contribution < 1.29 is 14.7 Å². The molecule has 0 spiro atoms. The van der Waals surface area contributed by atoms with Crippen molar-refractivity contribution in [3.63, 3.8) is 0 Å². The maximum atomic E-state index is 12.1. The highest BCUT2D eigenvalue weighted by molar-refractivity contribution is 5.87. The molecule has 5 heteroatoms. The highest BCUT2D eigenvalue weighted by Crippen LogP contribution is 2.07. The van der Waals surface area contributed by atoms with Crippen LogP contribution in [-0.2, 0) is 6.42 Å². The Kier molecular flexibility index (Phi) is 6.21. The molecule has 0 heterocycles. The normalized spacial score (nSPS) is 10.8. The topological polar surface area (TPSA) is 69.6 Å². The number of hydrogen-bond acceptors (Lipinski definition) is 2. The number of urea groups is 1. The molecule has 21 heavy (non-hydrogen) atoms. The molecule has 2 N–H and O–H groups in total. The van der Waals surface area contributed by atoms with Crippen LogP contribution in [0.3, 0.4) is 0 Å². The molecule has 0 aromatic heterocycles. The van der Waals surface area contributed by atoms with Crippen molar-refractivity contribution in [2.75, 3.05) is 6.54 Å². The Balaban J connectivity index is 2.55. The first-order valence-electron chi connectivity index (χ1n) is 7.21. The Morgan fingerprint density at radius 2 is 1.81 bits per heavy atom. The lowest BCUT2D eigenvalue weighted by Gasteiger charge is -2.30. The standard InChI is InChI=1S/C16H24N2O3/c1-11(2)18(12(3)4)16(21)17-9-8-13-6-5-7-14(10-13)15(19)20/h5-7,10-12H,8-9H2,1-4H3,(H,17,21)(H,19,20). The van der Waals surface area contributed by atoms with Crippen molar-refractivity contribution in [1.29, 1.82) is 0 Å². The van der Waals surface area contributed by atoms with Gasteiger partial charge in [0.2, 0.25) is 0 Å². The van der Waals surface area contributed by atoms with Gasteiger partial charge < -0.3 is 15.3 Å². The lowest BCUT2D eigenvalue weighted by molar-refractivity contribution is 0.0696. The van der Waals surface area contributed by atoms with Crippen LogP contribution in [0.15, 0.2) is 24.3 Å². The Hall–Kier alpha value is -2.04. The van der Waals surface area contributed by atoms with Gasteiger partial charge in [0, 0.05) is 18.6 Å². The van der Waals surface area contributed by atoms with Crippen molar-refractivity contribution >= 4 is 12.0 Å². The summed E-state index contributed by atoms with van der Waals surface area (Å²) in [6, 6.07) is 6.96. The number of carboxylic acid groups (broad SMARTS) is 1. The highest BCUT2D eigenvalue weighted by Gasteiger charge is 2.19. The number of amides is 2. The molecule has 1 rings (SSSR count). The van der Waals surface area contributed by atoms with Crippen molar-refractivity contribution in [2.45, 2.75) is 46.2 Å². The smallest absolute Gasteiger partial charge is 0.335 e. The maximum absolute atomic E-state index is 12.1. The molecule has 1 aromatic carbocycles. The van der Waals surface area contributed by atoms with Crippen LogP contribution in [-0.4, -0.2) is 40.6 Å². The van der Waals surface area contributed by atoms with Gasteiger partial charge >= 0.3 is 12.0 Å². The van der Waals surface area contributed by atoms with E-state index in [0.29, 0.717) is 13.0 Å². The molecule has 0 aliphatic carbocycles. The zero-order chi connectivity index (χ0) is 16.0. The average molecular weight is 292 g/mol. The number of carboxylic acids is 1. The minimum atomic E-state index is -0.938. The summed E-state index contributed by atoms with van der Waals surface area (Å²) >= 11 is 0. The van der Waals surface area contributed by atoms with E-state index in [9.17, 15) is 9.59 Å². The molecular weight excluding hydrogens is 268 g/mol. The van der Waals surface area contributed by atoms with E-state index in [1.807, 2.05) is 33.8 Å². The van der Waals surface area contributed by atoms with Gasteiger partial charge in [-0.25, -0.2) is 9.59 Å². The number of hydrogen-bond donors (Lipinski definition) is 2. The maximum Gasteiger partial charge on any atom is 0.335 e. The first-order chi connectivity index (χ1) is 9.82. The van der Waals surface area contributed by atoms with E-state index in [1.165, 1.54) is 0 Å². The van der Waals surface area contributed by atoms with Crippen molar-refractivity contribution in [2.24, 2.45) is 0 Å². The fraction of sp³-hybridized carbons (Fsp3) is 0.500. The largest absolute Gasteiger partial charge is 0.478 e. The van der Waals surface area contributed by atoms with E-state index in [0.717, 1.165) is 5.56 Å². The Bertz CT molecular complexity index is 490. The molecule has 1 aromatic rings. The molecular formula is C16H24N2O3. The fourth-order valence-electron chi connectivity index (χ4n) is 2.33. The molecule has 0 aliphatic heterocycles. The van der Waals surface area contributed by atoms with Crippen molar-refractivity contribution in [3.8, 4) is 0 Å². The predicted molar refractivity (Wildman–Crippen MR) is 82.6 cm³/mol. The molecule has 2 amide bonds. The van der Waals surface area contributed by atoms with Crippen LogP contribution in [0.2, 0.25) is 0 Å². The SMILES string of the molecule is CC(C)N(C(=O)NCCc1cccc(C(=O)O)c1)C(C)C. The van der Waals surface area contributed by atoms with Crippen LogP contribution in [0.1, 0.15) is 43.6 Å². The minimum absolute atomic E-state index is 0.0885. The molecule has 5 nitrogen and oxygen atoms in total. The highest BCUT2D eigenvalue weighted by atomic mass is 16.4. The third kappa shape index (κ3) is 5.10. The number of nitrogens with one attached hydrogen (secondary N) is 1. The fourth-order valence-corrected chi connectivity index (χ4v) is 2.33. The van der Waals surface area contributed by atoms with Gasteiger partial charge in [-0.2, -0.15) is 0 Å². The molecule has 0 unspecified atom stereocenters. The van der Waals surface area contributed by atoms with Gasteiger partial charge in [0.15, 0.2) is 0 Å². The van der Waals surface area contributed by atoms with Gasteiger partial charge in [-0.15, -0.1) is 0 Å².